The van der Waals surface area contributed by atoms with Crippen LogP contribution in [0.25, 0.3) is 11.1 Å². The second-order valence-corrected chi connectivity index (χ2v) is 12.1. The van der Waals surface area contributed by atoms with Crippen molar-refractivity contribution in [1.29, 1.82) is 0 Å². The van der Waals surface area contributed by atoms with E-state index in [2.05, 4.69) is 24.3 Å². The van der Waals surface area contributed by atoms with E-state index in [1.165, 1.54) is 0 Å². The van der Waals surface area contributed by atoms with Crippen molar-refractivity contribution in [2.75, 3.05) is 26.2 Å². The number of hydrogen-bond acceptors (Lipinski definition) is 5. The van der Waals surface area contributed by atoms with Crippen molar-refractivity contribution < 1.29 is 29.0 Å². The van der Waals surface area contributed by atoms with Crippen molar-refractivity contribution in [3.05, 3.63) is 59.7 Å². The van der Waals surface area contributed by atoms with E-state index in [1.807, 2.05) is 45.0 Å². The molecule has 1 heterocycles. The Labute approximate surface area is 229 Å². The summed E-state index contributed by atoms with van der Waals surface area (Å²) in [5.74, 6) is -0.947. The number of likely N-dealkylation sites (tertiary alicyclic amines) is 1. The molecule has 2 aliphatic carbocycles. The largest absolute Gasteiger partial charge is 0.481 e. The Bertz CT molecular complexity index is 1200. The van der Waals surface area contributed by atoms with Crippen molar-refractivity contribution in [2.24, 2.45) is 5.41 Å². The molecule has 8 heteroatoms. The number of ether oxygens (including phenoxy) is 2. The van der Waals surface area contributed by atoms with Crippen LogP contribution in [-0.2, 0) is 14.3 Å². The van der Waals surface area contributed by atoms with Gasteiger partial charge in [-0.25, -0.2) is 9.59 Å². The molecule has 2 aromatic carbocycles. The van der Waals surface area contributed by atoms with Gasteiger partial charge in [-0.1, -0.05) is 48.5 Å². The number of carbonyl (C=O) groups excluding carboxylic acids is 2. The fourth-order valence-electron chi connectivity index (χ4n) is 5.84. The number of fused-ring (bicyclic) bond motifs is 3. The van der Waals surface area contributed by atoms with Crippen molar-refractivity contribution in [1.82, 2.24) is 9.80 Å². The first-order valence-electron chi connectivity index (χ1n) is 13.9. The quantitative estimate of drug-likeness (QED) is 0.496. The lowest BCUT2D eigenvalue weighted by Gasteiger charge is -2.33. The molecular formula is C31H38N2O6. The van der Waals surface area contributed by atoms with Gasteiger partial charge in [-0.15, -0.1) is 0 Å². The highest BCUT2D eigenvalue weighted by Gasteiger charge is 2.53. The van der Waals surface area contributed by atoms with E-state index in [-0.39, 0.29) is 31.2 Å². The molecule has 0 spiro atoms. The molecule has 0 radical (unpaired) electrons. The molecule has 1 saturated carbocycles. The van der Waals surface area contributed by atoms with E-state index >= 15 is 0 Å². The number of aliphatic carboxylic acids is 1. The maximum absolute atomic E-state index is 13.7. The summed E-state index contributed by atoms with van der Waals surface area (Å²) in [5.41, 5.74) is 3.06. The number of carbonyl (C=O) groups is 3. The molecule has 1 N–H and O–H groups in total. The Morgan fingerprint density at radius 3 is 2.15 bits per heavy atom. The average molecular weight is 535 g/mol. The molecule has 0 bridgehead atoms. The van der Waals surface area contributed by atoms with Crippen LogP contribution in [0.15, 0.2) is 48.5 Å². The van der Waals surface area contributed by atoms with Gasteiger partial charge in [-0.05, 0) is 75.1 Å². The number of amides is 2. The van der Waals surface area contributed by atoms with Crippen LogP contribution in [0.4, 0.5) is 9.59 Å². The molecule has 1 aliphatic heterocycles. The minimum Gasteiger partial charge on any atom is -0.481 e. The third-order valence-electron chi connectivity index (χ3n) is 8.14. The molecule has 208 valence electrons. The number of hydrogen-bond donors (Lipinski definition) is 1. The molecule has 2 aromatic rings. The normalized spacial score (nSPS) is 19.9. The third-order valence-corrected chi connectivity index (χ3v) is 8.14. The summed E-state index contributed by atoms with van der Waals surface area (Å²) in [5, 5.41) is 9.88. The second-order valence-electron chi connectivity index (χ2n) is 12.1. The van der Waals surface area contributed by atoms with Crippen LogP contribution >= 0.6 is 0 Å². The van der Waals surface area contributed by atoms with E-state index < -0.39 is 23.1 Å². The van der Waals surface area contributed by atoms with E-state index in [9.17, 15) is 19.5 Å². The first-order valence-corrected chi connectivity index (χ1v) is 13.9. The molecule has 1 atom stereocenters. The molecule has 8 nitrogen and oxygen atoms in total. The summed E-state index contributed by atoms with van der Waals surface area (Å²) in [6.45, 7) is 6.79. The molecule has 5 rings (SSSR count). The SMILES string of the molecule is CC(C)(C)OC(=O)N1CCCC(N(CC2(C(=O)O)CC2)C(=O)OCC2c3ccccc3-c3ccccc32)CC1. The van der Waals surface area contributed by atoms with Gasteiger partial charge in [0.25, 0.3) is 0 Å². The van der Waals surface area contributed by atoms with Crippen LogP contribution in [-0.4, -0.2) is 70.9 Å². The van der Waals surface area contributed by atoms with Crippen LogP contribution in [0.2, 0.25) is 0 Å². The smallest absolute Gasteiger partial charge is 0.410 e. The minimum absolute atomic E-state index is 0.0747. The standard InChI is InChI=1S/C31H38N2O6/c1-30(2,3)39-28(36)32-17-8-9-21(14-18-32)33(20-31(15-16-31)27(34)35)29(37)38-19-26-24-12-6-4-10-22(24)23-11-5-7-13-25(23)26/h4-7,10-13,21,26H,8-9,14-20H2,1-3H3,(H,34,35). The summed E-state index contributed by atoms with van der Waals surface area (Å²) in [6.07, 6.45) is 2.15. The fourth-order valence-corrected chi connectivity index (χ4v) is 5.84. The average Bonchev–Trinajstić information content (AvgIpc) is 3.66. The molecule has 1 saturated heterocycles. The molecule has 2 amide bonds. The van der Waals surface area contributed by atoms with Crippen molar-refractivity contribution in [2.45, 2.75) is 70.4 Å². The number of carboxylic acids is 1. The Morgan fingerprint density at radius 1 is 0.974 bits per heavy atom. The van der Waals surface area contributed by atoms with Crippen molar-refractivity contribution in [3.63, 3.8) is 0 Å². The van der Waals surface area contributed by atoms with Gasteiger partial charge in [-0.2, -0.15) is 0 Å². The molecule has 0 aromatic heterocycles. The molecule has 3 aliphatic rings. The Hall–Kier alpha value is -3.55. The van der Waals surface area contributed by atoms with Gasteiger partial charge in [0.05, 0.1) is 5.41 Å². The molecular weight excluding hydrogens is 496 g/mol. The van der Waals surface area contributed by atoms with Gasteiger partial charge in [0, 0.05) is 31.6 Å². The highest BCUT2D eigenvalue weighted by Crippen LogP contribution is 2.48. The van der Waals surface area contributed by atoms with E-state index in [4.69, 9.17) is 9.47 Å². The Morgan fingerprint density at radius 2 is 1.59 bits per heavy atom. The van der Waals surface area contributed by atoms with Crippen LogP contribution in [0.1, 0.15) is 69.9 Å². The maximum atomic E-state index is 13.7. The summed E-state index contributed by atoms with van der Waals surface area (Å²) < 4.78 is 11.5. The van der Waals surface area contributed by atoms with Crippen LogP contribution in [0.3, 0.4) is 0 Å². The lowest BCUT2D eigenvalue weighted by molar-refractivity contribution is -0.144. The minimum atomic E-state index is -0.914. The van der Waals surface area contributed by atoms with E-state index in [0.717, 1.165) is 22.3 Å². The molecule has 39 heavy (non-hydrogen) atoms. The molecule has 1 unspecified atom stereocenters. The zero-order valence-corrected chi connectivity index (χ0v) is 23.0. The zero-order valence-electron chi connectivity index (χ0n) is 23.0. The summed E-state index contributed by atoms with van der Waals surface area (Å²) in [6, 6.07) is 16.1. The lowest BCUT2D eigenvalue weighted by atomic mass is 9.98. The highest BCUT2D eigenvalue weighted by molar-refractivity contribution is 5.80. The topological polar surface area (TPSA) is 96.4 Å². The van der Waals surface area contributed by atoms with E-state index in [0.29, 0.717) is 45.2 Å². The van der Waals surface area contributed by atoms with Gasteiger partial charge < -0.3 is 24.4 Å². The summed E-state index contributed by atoms with van der Waals surface area (Å²) in [7, 11) is 0. The number of nitrogens with zero attached hydrogens (tertiary/aromatic N) is 2. The monoisotopic (exact) mass is 534 g/mol. The third kappa shape index (κ3) is 5.75. The van der Waals surface area contributed by atoms with Gasteiger partial charge in [0.15, 0.2) is 0 Å². The predicted octanol–water partition coefficient (Wildman–Crippen LogP) is 5.89. The second kappa shape index (κ2) is 10.5. The van der Waals surface area contributed by atoms with Crippen LogP contribution in [0.5, 0.6) is 0 Å². The number of benzene rings is 2. The first kappa shape index (κ1) is 27.0. The summed E-state index contributed by atoms with van der Waals surface area (Å²) >= 11 is 0. The fraction of sp³-hybridized carbons (Fsp3) is 0.516. The number of carboxylic acid groups (broad SMARTS) is 1. The zero-order chi connectivity index (χ0) is 27.8. The lowest BCUT2D eigenvalue weighted by Crippen LogP contribution is -2.46. The van der Waals surface area contributed by atoms with Gasteiger partial charge >= 0.3 is 18.2 Å². The van der Waals surface area contributed by atoms with Crippen LogP contribution in [0, 0.1) is 5.41 Å². The number of rotatable bonds is 6. The van der Waals surface area contributed by atoms with Crippen LogP contribution < -0.4 is 0 Å². The molecule has 2 fully saturated rings. The van der Waals surface area contributed by atoms with Gasteiger partial charge in [0.2, 0.25) is 0 Å². The van der Waals surface area contributed by atoms with Gasteiger partial charge in [-0.3, -0.25) is 4.79 Å². The van der Waals surface area contributed by atoms with Crippen molar-refractivity contribution in [3.8, 4) is 11.1 Å². The summed E-state index contributed by atoms with van der Waals surface area (Å²) in [4.78, 5) is 41.7. The highest BCUT2D eigenvalue weighted by atomic mass is 16.6. The Kier molecular flexibility index (Phi) is 7.31. The Balaban J connectivity index is 1.31. The van der Waals surface area contributed by atoms with E-state index in [1.54, 1.807) is 9.80 Å². The first-order chi connectivity index (χ1) is 18.6. The predicted molar refractivity (Wildman–Crippen MR) is 147 cm³/mol. The van der Waals surface area contributed by atoms with Crippen molar-refractivity contribution >= 4 is 18.2 Å². The maximum Gasteiger partial charge on any atom is 0.410 e. The van der Waals surface area contributed by atoms with Gasteiger partial charge in [0.1, 0.15) is 12.2 Å².